The molecule has 3 N–H and O–H groups in total. The minimum Gasteiger partial charge on any atom is -0.497 e. The van der Waals surface area contributed by atoms with Crippen molar-refractivity contribution in [3.63, 3.8) is 0 Å². The number of carbonyl (C=O) groups is 2. The monoisotopic (exact) mass is 361 g/mol. The molecule has 2 amide bonds. The Morgan fingerprint density at radius 1 is 1.19 bits per heavy atom. The van der Waals surface area contributed by atoms with Crippen molar-refractivity contribution in [3.8, 4) is 11.5 Å². The summed E-state index contributed by atoms with van der Waals surface area (Å²) < 4.78 is 10.5. The van der Waals surface area contributed by atoms with E-state index in [1.54, 1.807) is 37.3 Å². The third-order valence-corrected chi connectivity index (χ3v) is 5.35. The lowest BCUT2D eigenvalue weighted by Gasteiger charge is -2.20. The lowest BCUT2D eigenvalue weighted by Crippen LogP contribution is -2.42. The van der Waals surface area contributed by atoms with Crippen LogP contribution in [0.5, 0.6) is 11.5 Å². The molecule has 0 aromatic heterocycles. The molecule has 1 aliphatic carbocycles. The van der Waals surface area contributed by atoms with E-state index in [-0.39, 0.29) is 23.8 Å². The molecule has 3 rings (SSSR count). The van der Waals surface area contributed by atoms with Crippen LogP contribution in [0.4, 0.5) is 5.69 Å². The second-order valence-corrected chi connectivity index (χ2v) is 7.03. The highest BCUT2D eigenvalue weighted by atomic mass is 16.5. The molecule has 1 unspecified atom stereocenters. The summed E-state index contributed by atoms with van der Waals surface area (Å²) >= 11 is 0. The molecule has 1 heterocycles. The quantitative estimate of drug-likeness (QED) is 0.800. The van der Waals surface area contributed by atoms with Crippen LogP contribution in [0.15, 0.2) is 18.2 Å². The number of nitrogens with zero attached hydrogens (tertiary/aromatic N) is 1. The first-order valence-corrected chi connectivity index (χ1v) is 9.11. The second kappa shape index (κ2) is 7.95. The van der Waals surface area contributed by atoms with Crippen LogP contribution >= 0.6 is 0 Å². The highest BCUT2D eigenvalue weighted by molar-refractivity contribution is 6.01. The predicted octanol–water partition coefficient (Wildman–Crippen LogP) is 1.44. The van der Waals surface area contributed by atoms with Gasteiger partial charge in [-0.3, -0.25) is 9.59 Å². The fourth-order valence-electron chi connectivity index (χ4n) is 3.83. The van der Waals surface area contributed by atoms with Gasteiger partial charge in [0.25, 0.3) is 0 Å². The average Bonchev–Trinajstić information content (AvgIpc) is 3.20. The van der Waals surface area contributed by atoms with Gasteiger partial charge in [-0.05, 0) is 25.2 Å². The number of benzene rings is 1. The van der Waals surface area contributed by atoms with Gasteiger partial charge in [0.05, 0.1) is 19.9 Å². The van der Waals surface area contributed by atoms with Gasteiger partial charge in [0.15, 0.2) is 0 Å². The summed E-state index contributed by atoms with van der Waals surface area (Å²) in [4.78, 5) is 26.7. The molecule has 142 valence electrons. The molecule has 2 fully saturated rings. The predicted molar refractivity (Wildman–Crippen MR) is 98.4 cm³/mol. The molecule has 0 bridgehead atoms. The van der Waals surface area contributed by atoms with E-state index in [9.17, 15) is 9.59 Å². The Morgan fingerprint density at radius 2 is 1.88 bits per heavy atom. The second-order valence-electron chi connectivity index (χ2n) is 7.03. The fraction of sp³-hybridized carbons (Fsp3) is 0.579. The molecule has 1 saturated heterocycles. The Morgan fingerprint density at radius 3 is 2.46 bits per heavy atom. The molecule has 1 aromatic rings. The normalized spacial score (nSPS) is 25.4. The van der Waals surface area contributed by atoms with E-state index in [0.717, 1.165) is 19.3 Å². The van der Waals surface area contributed by atoms with Gasteiger partial charge in [-0.1, -0.05) is 6.42 Å². The van der Waals surface area contributed by atoms with E-state index < -0.39 is 6.04 Å². The number of nitrogens with one attached hydrogen (secondary N) is 1. The maximum Gasteiger partial charge on any atom is 0.249 e. The van der Waals surface area contributed by atoms with Gasteiger partial charge < -0.3 is 25.4 Å². The molecule has 3 atom stereocenters. The van der Waals surface area contributed by atoms with Crippen molar-refractivity contribution in [2.24, 2.45) is 11.7 Å². The summed E-state index contributed by atoms with van der Waals surface area (Å²) in [5, 5.41) is 2.88. The van der Waals surface area contributed by atoms with Gasteiger partial charge in [-0.15, -0.1) is 0 Å². The van der Waals surface area contributed by atoms with E-state index in [1.807, 2.05) is 0 Å². The van der Waals surface area contributed by atoms with Crippen molar-refractivity contribution in [2.75, 3.05) is 25.7 Å². The minimum absolute atomic E-state index is 0.0872. The first-order chi connectivity index (χ1) is 12.5. The van der Waals surface area contributed by atoms with Crippen LogP contribution < -0.4 is 25.4 Å². The number of amides is 2. The van der Waals surface area contributed by atoms with E-state index in [0.29, 0.717) is 36.6 Å². The van der Waals surface area contributed by atoms with Crippen molar-refractivity contribution < 1.29 is 19.1 Å². The molecule has 1 aromatic carbocycles. The molecule has 7 nitrogen and oxygen atoms in total. The number of methoxy groups -OCH3 is 2. The molecular weight excluding hydrogens is 334 g/mol. The lowest BCUT2D eigenvalue weighted by molar-refractivity contribution is -0.127. The number of ether oxygens (including phenoxy) is 2. The number of carbonyl (C=O) groups excluding carboxylic acids is 2. The van der Waals surface area contributed by atoms with Crippen molar-refractivity contribution in [1.82, 2.24) is 5.32 Å². The molecule has 1 saturated carbocycles. The maximum atomic E-state index is 12.7. The zero-order valence-corrected chi connectivity index (χ0v) is 15.4. The Bertz CT molecular complexity index is 656. The van der Waals surface area contributed by atoms with Crippen LogP contribution in [0, 0.1) is 5.92 Å². The topological polar surface area (TPSA) is 93.9 Å². The summed E-state index contributed by atoms with van der Waals surface area (Å²) in [5.41, 5.74) is 6.75. The largest absolute Gasteiger partial charge is 0.497 e. The maximum absolute atomic E-state index is 12.7. The van der Waals surface area contributed by atoms with Crippen LogP contribution in [-0.2, 0) is 9.59 Å². The standard InChI is InChI=1S/C19H27N3O4/c1-25-14-9-13(10-15(11-14)26-2)22-7-6-17(19(22)24)21-18(23)8-12-4-3-5-16(12)20/h9-12,16-17H,3-8,20H2,1-2H3,(H,21,23)/t12-,16+,17?/m0/s1. The molecule has 26 heavy (non-hydrogen) atoms. The number of hydrogen-bond acceptors (Lipinski definition) is 5. The average molecular weight is 361 g/mol. The van der Waals surface area contributed by atoms with Crippen molar-refractivity contribution >= 4 is 17.5 Å². The Labute approximate surface area is 153 Å². The zero-order valence-electron chi connectivity index (χ0n) is 15.4. The van der Waals surface area contributed by atoms with Gasteiger partial charge >= 0.3 is 0 Å². The van der Waals surface area contributed by atoms with Crippen LogP contribution in [0.1, 0.15) is 32.1 Å². The van der Waals surface area contributed by atoms with Crippen molar-refractivity contribution in [1.29, 1.82) is 0 Å². The first-order valence-electron chi connectivity index (χ1n) is 9.11. The zero-order chi connectivity index (χ0) is 18.7. The summed E-state index contributed by atoms with van der Waals surface area (Å²) in [5.74, 6) is 1.27. The van der Waals surface area contributed by atoms with Gasteiger partial charge in [-0.25, -0.2) is 0 Å². The third kappa shape index (κ3) is 3.93. The summed E-state index contributed by atoms with van der Waals surface area (Å²) in [6.45, 7) is 0.545. The highest BCUT2D eigenvalue weighted by Gasteiger charge is 2.35. The lowest BCUT2D eigenvalue weighted by atomic mass is 9.99. The van der Waals surface area contributed by atoms with Crippen molar-refractivity contribution in [3.05, 3.63) is 18.2 Å². The van der Waals surface area contributed by atoms with Gasteiger partial charge in [0.2, 0.25) is 11.8 Å². The Kier molecular flexibility index (Phi) is 5.66. The Balaban J connectivity index is 1.63. The summed E-state index contributed by atoms with van der Waals surface area (Å²) in [7, 11) is 3.14. The number of rotatable bonds is 6. The van der Waals surface area contributed by atoms with Gasteiger partial charge in [-0.2, -0.15) is 0 Å². The molecule has 0 spiro atoms. The molecule has 0 radical (unpaired) electrons. The molecule has 2 aliphatic rings. The summed E-state index contributed by atoms with van der Waals surface area (Å²) in [6, 6.07) is 4.96. The molecule has 7 heteroatoms. The van der Waals surface area contributed by atoms with Crippen LogP contribution in [0.3, 0.4) is 0 Å². The van der Waals surface area contributed by atoms with Crippen LogP contribution in [0.2, 0.25) is 0 Å². The smallest absolute Gasteiger partial charge is 0.249 e. The third-order valence-electron chi connectivity index (χ3n) is 5.35. The fourth-order valence-corrected chi connectivity index (χ4v) is 3.83. The number of hydrogen-bond donors (Lipinski definition) is 2. The van der Waals surface area contributed by atoms with E-state index in [4.69, 9.17) is 15.2 Å². The summed E-state index contributed by atoms with van der Waals surface area (Å²) in [6.07, 6.45) is 4.03. The van der Waals surface area contributed by atoms with Gasteiger partial charge in [0.1, 0.15) is 17.5 Å². The van der Waals surface area contributed by atoms with Gasteiger partial charge in [0, 0.05) is 37.2 Å². The van der Waals surface area contributed by atoms with Crippen LogP contribution in [-0.4, -0.2) is 44.7 Å². The van der Waals surface area contributed by atoms with E-state index in [2.05, 4.69) is 5.32 Å². The number of anilines is 1. The Hall–Kier alpha value is -2.28. The van der Waals surface area contributed by atoms with Crippen LogP contribution in [0.25, 0.3) is 0 Å². The molecule has 1 aliphatic heterocycles. The first kappa shape index (κ1) is 18.5. The van der Waals surface area contributed by atoms with E-state index in [1.165, 1.54) is 0 Å². The van der Waals surface area contributed by atoms with Crippen molar-refractivity contribution in [2.45, 2.75) is 44.2 Å². The minimum atomic E-state index is -0.489. The highest BCUT2D eigenvalue weighted by Crippen LogP contribution is 2.31. The molecular formula is C19H27N3O4. The number of nitrogens with two attached hydrogens (primary N) is 1. The SMILES string of the molecule is COc1cc(OC)cc(N2CCC(NC(=O)C[C@@H]3CCC[C@H]3N)C2=O)c1. The van der Waals surface area contributed by atoms with E-state index >= 15 is 0 Å².